The first-order valence-electron chi connectivity index (χ1n) is 5.20. The predicted molar refractivity (Wildman–Crippen MR) is 61.8 cm³/mol. The van der Waals surface area contributed by atoms with Crippen LogP contribution in [0.1, 0.15) is 30.2 Å². The normalized spacial score (nSPS) is 11.9. The lowest BCUT2D eigenvalue weighted by Gasteiger charge is -2.11. The molecule has 1 N–H and O–H groups in total. The van der Waals surface area contributed by atoms with E-state index in [1.165, 1.54) is 6.07 Å². The third-order valence-corrected chi connectivity index (χ3v) is 2.27. The van der Waals surface area contributed by atoms with Crippen LogP contribution in [0, 0.1) is 0 Å². The molecule has 17 heavy (non-hydrogen) atoms. The van der Waals surface area contributed by atoms with Gasteiger partial charge in [-0.05, 0) is 26.0 Å². The summed E-state index contributed by atoms with van der Waals surface area (Å²) in [7, 11) is 0. The highest BCUT2D eigenvalue weighted by Gasteiger charge is 2.19. The smallest absolute Gasteiger partial charge is 0.328 e. The molecule has 0 saturated carbocycles. The molecule has 94 valence electrons. The zero-order chi connectivity index (χ0) is 12.8. The van der Waals surface area contributed by atoms with Crippen molar-refractivity contribution in [2.24, 2.45) is 0 Å². The second-order valence-electron chi connectivity index (χ2n) is 3.35. The maximum atomic E-state index is 11.6. The van der Waals surface area contributed by atoms with Gasteiger partial charge in [-0.25, -0.2) is 4.79 Å². The van der Waals surface area contributed by atoms with Gasteiger partial charge in [-0.15, -0.1) is 11.6 Å². The molecule has 1 aromatic heterocycles. The molecule has 0 saturated heterocycles. The van der Waals surface area contributed by atoms with Crippen molar-refractivity contribution in [3.8, 4) is 0 Å². The number of hydrogen-bond donors (Lipinski definition) is 1. The highest BCUT2D eigenvalue weighted by molar-refractivity contribution is 6.16. The van der Waals surface area contributed by atoms with Crippen molar-refractivity contribution in [1.29, 1.82) is 0 Å². The molecule has 0 aromatic carbocycles. The molecule has 0 aliphatic rings. The molecule has 0 spiro atoms. The van der Waals surface area contributed by atoms with Gasteiger partial charge in [-0.1, -0.05) is 0 Å². The largest absolute Gasteiger partial charge is 0.464 e. The molecule has 0 aliphatic carbocycles. The van der Waals surface area contributed by atoms with Gasteiger partial charge in [0.05, 0.1) is 12.5 Å². The molecule has 1 heterocycles. The number of ether oxygens (including phenoxy) is 1. The Morgan fingerprint density at radius 2 is 2.24 bits per heavy atom. The van der Waals surface area contributed by atoms with E-state index in [-0.39, 0.29) is 18.2 Å². The van der Waals surface area contributed by atoms with Crippen LogP contribution in [0.3, 0.4) is 0 Å². The number of nitrogens with one attached hydrogen (secondary N) is 1. The quantitative estimate of drug-likeness (QED) is 0.646. The van der Waals surface area contributed by atoms with E-state index in [0.29, 0.717) is 5.76 Å². The van der Waals surface area contributed by atoms with Crippen LogP contribution >= 0.6 is 11.6 Å². The number of carbonyl (C=O) groups excluding carboxylic acids is 2. The van der Waals surface area contributed by atoms with Gasteiger partial charge in [0.2, 0.25) is 0 Å². The van der Waals surface area contributed by atoms with Crippen LogP contribution in [0.5, 0.6) is 0 Å². The summed E-state index contributed by atoms with van der Waals surface area (Å²) in [6.07, 6.45) is 0. The maximum Gasteiger partial charge on any atom is 0.328 e. The summed E-state index contributed by atoms with van der Waals surface area (Å²) in [5, 5.41) is 2.47. The number of esters is 1. The Hall–Kier alpha value is -1.49. The number of rotatable bonds is 5. The SMILES string of the molecule is CCOC(=O)C(C)NC(=O)c1ccc(CCl)o1. The van der Waals surface area contributed by atoms with Crippen LogP contribution < -0.4 is 5.32 Å². The van der Waals surface area contributed by atoms with Crippen molar-refractivity contribution in [3.05, 3.63) is 23.7 Å². The van der Waals surface area contributed by atoms with Gasteiger partial charge in [0.15, 0.2) is 5.76 Å². The molecular formula is C11H14ClNO4. The maximum absolute atomic E-state index is 11.6. The van der Waals surface area contributed by atoms with Crippen LogP contribution in [0.2, 0.25) is 0 Å². The van der Waals surface area contributed by atoms with Gasteiger partial charge in [-0.2, -0.15) is 0 Å². The number of halogens is 1. The van der Waals surface area contributed by atoms with Crippen LogP contribution in [0.15, 0.2) is 16.5 Å². The monoisotopic (exact) mass is 259 g/mol. The third kappa shape index (κ3) is 3.78. The summed E-state index contributed by atoms with van der Waals surface area (Å²) in [6.45, 7) is 3.52. The topological polar surface area (TPSA) is 68.5 Å². The van der Waals surface area contributed by atoms with Gasteiger partial charge < -0.3 is 14.5 Å². The Morgan fingerprint density at radius 3 is 2.76 bits per heavy atom. The van der Waals surface area contributed by atoms with Crippen LogP contribution in [0.25, 0.3) is 0 Å². The standard InChI is InChI=1S/C11H14ClNO4/c1-3-16-11(15)7(2)13-10(14)9-5-4-8(6-12)17-9/h4-5,7H,3,6H2,1-2H3,(H,13,14). The summed E-state index contributed by atoms with van der Waals surface area (Å²) in [4.78, 5) is 22.9. The van der Waals surface area contributed by atoms with Gasteiger partial charge in [0.1, 0.15) is 11.8 Å². The minimum absolute atomic E-state index is 0.122. The Kier molecular flexibility index (Phi) is 5.03. The van der Waals surface area contributed by atoms with Crippen molar-refractivity contribution >= 4 is 23.5 Å². The molecule has 1 amide bonds. The van der Waals surface area contributed by atoms with Crippen LogP contribution in [0.4, 0.5) is 0 Å². The molecule has 1 aromatic rings. The van der Waals surface area contributed by atoms with E-state index < -0.39 is 17.9 Å². The first kappa shape index (κ1) is 13.6. The number of furan rings is 1. The predicted octanol–water partition coefficient (Wildman–Crippen LogP) is 1.70. The molecule has 6 heteroatoms. The molecule has 0 bridgehead atoms. The molecule has 0 radical (unpaired) electrons. The average molecular weight is 260 g/mol. The Morgan fingerprint density at radius 1 is 1.53 bits per heavy atom. The van der Waals surface area contributed by atoms with E-state index >= 15 is 0 Å². The van der Waals surface area contributed by atoms with Crippen LogP contribution in [-0.4, -0.2) is 24.5 Å². The fourth-order valence-corrected chi connectivity index (χ4v) is 1.31. The molecule has 1 atom stereocenters. The van der Waals surface area contributed by atoms with Gasteiger partial charge in [-0.3, -0.25) is 4.79 Å². The lowest BCUT2D eigenvalue weighted by atomic mass is 10.3. The highest BCUT2D eigenvalue weighted by atomic mass is 35.5. The van der Waals surface area contributed by atoms with E-state index in [2.05, 4.69) is 5.32 Å². The minimum Gasteiger partial charge on any atom is -0.464 e. The zero-order valence-electron chi connectivity index (χ0n) is 9.66. The van der Waals surface area contributed by atoms with E-state index in [1.807, 2.05) is 0 Å². The molecule has 0 aliphatic heterocycles. The second kappa shape index (κ2) is 6.30. The van der Waals surface area contributed by atoms with Crippen molar-refractivity contribution in [2.75, 3.05) is 6.61 Å². The molecular weight excluding hydrogens is 246 g/mol. The number of carbonyl (C=O) groups is 2. The third-order valence-electron chi connectivity index (χ3n) is 2.00. The Bertz CT molecular complexity index is 402. The van der Waals surface area contributed by atoms with E-state index in [9.17, 15) is 9.59 Å². The lowest BCUT2D eigenvalue weighted by molar-refractivity contribution is -0.144. The first-order valence-corrected chi connectivity index (χ1v) is 5.74. The van der Waals surface area contributed by atoms with Gasteiger partial charge in [0.25, 0.3) is 5.91 Å². The first-order chi connectivity index (χ1) is 8.08. The molecule has 0 fully saturated rings. The van der Waals surface area contributed by atoms with Crippen molar-refractivity contribution < 1.29 is 18.7 Å². The lowest BCUT2D eigenvalue weighted by Crippen LogP contribution is -2.39. The van der Waals surface area contributed by atoms with Crippen LogP contribution in [-0.2, 0) is 15.4 Å². The number of amides is 1. The average Bonchev–Trinajstić information content (AvgIpc) is 2.77. The number of alkyl halides is 1. The van der Waals surface area contributed by atoms with Gasteiger partial charge in [0, 0.05) is 0 Å². The van der Waals surface area contributed by atoms with Crippen molar-refractivity contribution in [2.45, 2.75) is 25.8 Å². The minimum atomic E-state index is -0.716. The fraction of sp³-hybridized carbons (Fsp3) is 0.455. The Labute approximate surface area is 104 Å². The molecule has 1 rings (SSSR count). The second-order valence-corrected chi connectivity index (χ2v) is 3.61. The number of hydrogen-bond acceptors (Lipinski definition) is 4. The van der Waals surface area contributed by atoms with E-state index in [1.54, 1.807) is 19.9 Å². The molecule has 1 unspecified atom stereocenters. The van der Waals surface area contributed by atoms with E-state index in [0.717, 1.165) is 0 Å². The molecule has 5 nitrogen and oxygen atoms in total. The summed E-state index contributed by atoms with van der Waals surface area (Å²) in [6, 6.07) is 2.40. The van der Waals surface area contributed by atoms with Gasteiger partial charge >= 0.3 is 5.97 Å². The zero-order valence-corrected chi connectivity index (χ0v) is 10.4. The Balaban J connectivity index is 2.56. The van der Waals surface area contributed by atoms with Crippen molar-refractivity contribution in [3.63, 3.8) is 0 Å². The summed E-state index contributed by atoms with van der Waals surface area (Å²) in [5.41, 5.74) is 0. The fourth-order valence-electron chi connectivity index (χ4n) is 1.17. The van der Waals surface area contributed by atoms with E-state index in [4.69, 9.17) is 20.8 Å². The van der Waals surface area contributed by atoms with Crippen molar-refractivity contribution in [1.82, 2.24) is 5.32 Å². The summed E-state index contributed by atoms with van der Waals surface area (Å²) in [5.74, 6) is -0.134. The highest BCUT2D eigenvalue weighted by Crippen LogP contribution is 2.10. The summed E-state index contributed by atoms with van der Waals surface area (Å²) < 4.78 is 9.90. The summed E-state index contributed by atoms with van der Waals surface area (Å²) >= 11 is 5.54.